The van der Waals surface area contributed by atoms with E-state index in [9.17, 15) is 0 Å². The standard InChI is InChI=1S/C10H13N3S2/c1-2-13(10(15)12-9(11)14)8-6-4-3-5-7-8/h3-7H,2H2,1H3,(H3,11,12,14,15). The van der Waals surface area contributed by atoms with Crippen LogP contribution in [0.15, 0.2) is 30.3 Å². The molecular weight excluding hydrogens is 226 g/mol. The largest absolute Gasteiger partial charge is 0.376 e. The molecule has 5 heteroatoms. The monoisotopic (exact) mass is 239 g/mol. The molecular formula is C10H13N3S2. The summed E-state index contributed by atoms with van der Waals surface area (Å²) >= 11 is 9.92. The zero-order valence-electron chi connectivity index (χ0n) is 8.43. The van der Waals surface area contributed by atoms with Crippen molar-refractivity contribution in [1.29, 1.82) is 0 Å². The van der Waals surface area contributed by atoms with Crippen molar-refractivity contribution in [2.24, 2.45) is 5.73 Å². The number of para-hydroxylation sites is 1. The van der Waals surface area contributed by atoms with Crippen LogP contribution in [0.1, 0.15) is 6.92 Å². The van der Waals surface area contributed by atoms with Gasteiger partial charge in [-0.1, -0.05) is 18.2 Å². The van der Waals surface area contributed by atoms with Gasteiger partial charge in [0.25, 0.3) is 0 Å². The van der Waals surface area contributed by atoms with E-state index in [-0.39, 0.29) is 5.11 Å². The average Bonchev–Trinajstić information content (AvgIpc) is 2.19. The zero-order chi connectivity index (χ0) is 11.3. The Balaban J connectivity index is 2.80. The van der Waals surface area contributed by atoms with Gasteiger partial charge in [0.05, 0.1) is 0 Å². The highest BCUT2D eigenvalue weighted by Gasteiger charge is 2.09. The lowest BCUT2D eigenvalue weighted by atomic mass is 10.3. The molecule has 0 unspecified atom stereocenters. The van der Waals surface area contributed by atoms with E-state index < -0.39 is 0 Å². The summed E-state index contributed by atoms with van der Waals surface area (Å²) in [5.74, 6) is 0. The maximum atomic E-state index is 5.37. The van der Waals surface area contributed by atoms with E-state index in [1.807, 2.05) is 42.2 Å². The molecule has 0 aromatic heterocycles. The molecule has 0 aliphatic heterocycles. The lowest BCUT2D eigenvalue weighted by Crippen LogP contribution is -2.44. The van der Waals surface area contributed by atoms with Gasteiger partial charge in [0.15, 0.2) is 10.2 Å². The number of anilines is 1. The molecule has 15 heavy (non-hydrogen) atoms. The Labute approximate surface area is 100 Å². The Hall–Kier alpha value is -1.20. The summed E-state index contributed by atoms with van der Waals surface area (Å²) < 4.78 is 0. The Morgan fingerprint density at radius 2 is 1.93 bits per heavy atom. The van der Waals surface area contributed by atoms with Crippen LogP contribution in [-0.2, 0) is 0 Å². The molecule has 0 bridgehead atoms. The molecule has 3 N–H and O–H groups in total. The van der Waals surface area contributed by atoms with Gasteiger partial charge in [-0.15, -0.1) is 0 Å². The summed E-state index contributed by atoms with van der Waals surface area (Å²) in [5, 5.41) is 3.47. The van der Waals surface area contributed by atoms with Crippen LogP contribution in [0.3, 0.4) is 0 Å². The van der Waals surface area contributed by atoms with Gasteiger partial charge >= 0.3 is 0 Å². The highest BCUT2D eigenvalue weighted by Crippen LogP contribution is 2.12. The number of hydrogen-bond acceptors (Lipinski definition) is 2. The van der Waals surface area contributed by atoms with E-state index in [2.05, 4.69) is 5.32 Å². The van der Waals surface area contributed by atoms with Crippen molar-refractivity contribution in [2.75, 3.05) is 11.4 Å². The summed E-state index contributed by atoms with van der Waals surface area (Å²) in [7, 11) is 0. The van der Waals surface area contributed by atoms with Gasteiger partial charge in [-0.05, 0) is 43.5 Å². The highest BCUT2D eigenvalue weighted by atomic mass is 32.1. The molecule has 1 aromatic carbocycles. The van der Waals surface area contributed by atoms with Crippen LogP contribution in [0.25, 0.3) is 0 Å². The topological polar surface area (TPSA) is 41.3 Å². The molecule has 0 atom stereocenters. The number of thiocarbonyl (C=S) groups is 2. The van der Waals surface area contributed by atoms with Gasteiger partial charge in [-0.25, -0.2) is 0 Å². The van der Waals surface area contributed by atoms with E-state index in [0.717, 1.165) is 12.2 Å². The van der Waals surface area contributed by atoms with Crippen LogP contribution in [0.5, 0.6) is 0 Å². The fourth-order valence-electron chi connectivity index (χ4n) is 1.22. The third kappa shape index (κ3) is 3.45. The van der Waals surface area contributed by atoms with Crippen molar-refractivity contribution in [2.45, 2.75) is 6.92 Å². The van der Waals surface area contributed by atoms with E-state index >= 15 is 0 Å². The Kier molecular flexibility index (Phi) is 4.45. The van der Waals surface area contributed by atoms with E-state index in [0.29, 0.717) is 5.11 Å². The second-order valence-electron chi connectivity index (χ2n) is 2.87. The first kappa shape index (κ1) is 11.9. The van der Waals surface area contributed by atoms with Gasteiger partial charge in [0.1, 0.15) is 0 Å². The minimum Gasteiger partial charge on any atom is -0.376 e. The van der Waals surface area contributed by atoms with E-state index in [1.54, 1.807) is 0 Å². The summed E-state index contributed by atoms with van der Waals surface area (Å²) in [6.07, 6.45) is 0. The number of benzene rings is 1. The third-order valence-electron chi connectivity index (χ3n) is 1.86. The molecule has 0 fully saturated rings. The lowest BCUT2D eigenvalue weighted by Gasteiger charge is -2.23. The van der Waals surface area contributed by atoms with Gasteiger partial charge in [0.2, 0.25) is 0 Å². The van der Waals surface area contributed by atoms with Crippen molar-refractivity contribution in [3.8, 4) is 0 Å². The summed E-state index contributed by atoms with van der Waals surface area (Å²) in [6, 6.07) is 9.85. The van der Waals surface area contributed by atoms with Crippen molar-refractivity contribution in [3.05, 3.63) is 30.3 Å². The Morgan fingerprint density at radius 3 is 2.40 bits per heavy atom. The zero-order valence-corrected chi connectivity index (χ0v) is 10.1. The van der Waals surface area contributed by atoms with Crippen LogP contribution < -0.4 is 16.0 Å². The van der Waals surface area contributed by atoms with Crippen molar-refractivity contribution in [3.63, 3.8) is 0 Å². The molecule has 80 valence electrons. The normalized spacial score (nSPS) is 9.40. The molecule has 3 nitrogen and oxygen atoms in total. The Morgan fingerprint density at radius 1 is 1.33 bits per heavy atom. The lowest BCUT2D eigenvalue weighted by molar-refractivity contribution is 1.04. The number of nitrogens with one attached hydrogen (secondary N) is 1. The second-order valence-corrected chi connectivity index (χ2v) is 3.70. The van der Waals surface area contributed by atoms with Crippen molar-refractivity contribution in [1.82, 2.24) is 5.32 Å². The summed E-state index contributed by atoms with van der Waals surface area (Å²) in [5.41, 5.74) is 6.39. The quantitative estimate of drug-likeness (QED) is 0.768. The minimum absolute atomic E-state index is 0.189. The van der Waals surface area contributed by atoms with Crippen molar-refractivity contribution < 1.29 is 0 Å². The number of rotatable bonds is 2. The van der Waals surface area contributed by atoms with E-state index in [4.69, 9.17) is 30.2 Å². The molecule has 0 heterocycles. The average molecular weight is 239 g/mol. The first-order chi connectivity index (χ1) is 7.15. The van der Waals surface area contributed by atoms with Gasteiger partial charge in [-0.3, -0.25) is 0 Å². The Bertz CT molecular complexity index is 351. The summed E-state index contributed by atoms with van der Waals surface area (Å²) in [4.78, 5) is 1.93. The smallest absolute Gasteiger partial charge is 0.179 e. The van der Waals surface area contributed by atoms with Crippen LogP contribution in [-0.4, -0.2) is 16.8 Å². The van der Waals surface area contributed by atoms with Crippen LogP contribution in [0.4, 0.5) is 5.69 Å². The van der Waals surface area contributed by atoms with Crippen molar-refractivity contribution >= 4 is 40.3 Å². The van der Waals surface area contributed by atoms with Crippen LogP contribution >= 0.6 is 24.4 Å². The number of hydrogen-bond donors (Lipinski definition) is 2. The molecule has 0 spiro atoms. The maximum absolute atomic E-state index is 5.37. The SMILES string of the molecule is CCN(C(=S)NC(N)=S)c1ccccc1. The van der Waals surface area contributed by atoms with Gasteiger partial charge < -0.3 is 16.0 Å². The van der Waals surface area contributed by atoms with Crippen LogP contribution in [0.2, 0.25) is 0 Å². The molecule has 0 radical (unpaired) electrons. The number of nitrogens with zero attached hydrogens (tertiary/aromatic N) is 1. The third-order valence-corrected chi connectivity index (χ3v) is 2.28. The fraction of sp³-hybridized carbons (Fsp3) is 0.200. The number of nitrogens with two attached hydrogens (primary N) is 1. The molecule has 0 aliphatic carbocycles. The molecule has 1 rings (SSSR count). The molecule has 0 saturated heterocycles. The van der Waals surface area contributed by atoms with Gasteiger partial charge in [0, 0.05) is 12.2 Å². The molecule has 0 amide bonds. The van der Waals surface area contributed by atoms with Gasteiger partial charge in [-0.2, -0.15) is 0 Å². The second kappa shape index (κ2) is 5.63. The highest BCUT2D eigenvalue weighted by molar-refractivity contribution is 7.82. The molecule has 0 saturated carbocycles. The first-order valence-electron chi connectivity index (χ1n) is 4.58. The predicted molar refractivity (Wildman–Crippen MR) is 72.0 cm³/mol. The first-order valence-corrected chi connectivity index (χ1v) is 5.39. The minimum atomic E-state index is 0.189. The van der Waals surface area contributed by atoms with E-state index in [1.165, 1.54) is 0 Å². The molecule has 0 aliphatic rings. The maximum Gasteiger partial charge on any atom is 0.179 e. The molecule has 1 aromatic rings. The summed E-state index contributed by atoms with van der Waals surface area (Å²) in [6.45, 7) is 2.78. The predicted octanol–water partition coefficient (Wildman–Crippen LogP) is 1.63. The van der Waals surface area contributed by atoms with Crippen LogP contribution in [0, 0.1) is 0 Å². The fourth-order valence-corrected chi connectivity index (χ4v) is 1.73.